The second kappa shape index (κ2) is 7.45. The van der Waals surface area contributed by atoms with Gasteiger partial charge >= 0.3 is 0 Å². The van der Waals surface area contributed by atoms with Crippen LogP contribution in [0.2, 0.25) is 0 Å². The number of aliphatic imine (C=N–C) groups is 1. The number of hydrogen-bond donors (Lipinski definition) is 2. The molecule has 1 heterocycles. The topological polar surface area (TPSA) is 107 Å². The molecule has 126 valence electrons. The summed E-state index contributed by atoms with van der Waals surface area (Å²) in [4.78, 5) is 21.2. The van der Waals surface area contributed by atoms with Crippen molar-refractivity contribution in [3.63, 3.8) is 0 Å². The third-order valence-corrected chi connectivity index (χ3v) is 3.26. The number of amidine groups is 1. The first kappa shape index (κ1) is 17.3. The highest BCUT2D eigenvalue weighted by Crippen LogP contribution is 2.32. The van der Waals surface area contributed by atoms with E-state index < -0.39 is 6.10 Å². The van der Waals surface area contributed by atoms with Crippen molar-refractivity contribution in [2.75, 3.05) is 24.7 Å². The highest BCUT2D eigenvalue weighted by Gasteiger charge is 2.11. The fourth-order valence-corrected chi connectivity index (χ4v) is 2.09. The van der Waals surface area contributed by atoms with Crippen LogP contribution in [-0.2, 0) is 4.79 Å². The van der Waals surface area contributed by atoms with Gasteiger partial charge in [-0.3, -0.25) is 9.78 Å². The van der Waals surface area contributed by atoms with Gasteiger partial charge in [0.05, 0.1) is 17.1 Å². The maximum absolute atomic E-state index is 10.9. The van der Waals surface area contributed by atoms with E-state index in [1.54, 1.807) is 37.4 Å². The van der Waals surface area contributed by atoms with Crippen molar-refractivity contribution in [1.82, 2.24) is 4.98 Å². The second-order valence-corrected chi connectivity index (χ2v) is 5.44. The van der Waals surface area contributed by atoms with Gasteiger partial charge in [-0.25, -0.2) is 4.99 Å². The molecule has 0 radical (unpaired) electrons. The van der Waals surface area contributed by atoms with E-state index in [0.29, 0.717) is 22.8 Å². The van der Waals surface area contributed by atoms with Crippen molar-refractivity contribution in [1.29, 1.82) is 0 Å². The quantitative estimate of drug-likeness (QED) is 0.475. The molecule has 1 aromatic carbocycles. The van der Waals surface area contributed by atoms with Gasteiger partial charge in [0, 0.05) is 26.4 Å². The number of anilines is 2. The van der Waals surface area contributed by atoms with E-state index in [-0.39, 0.29) is 5.84 Å². The number of nitrogens with two attached hydrogens (primary N) is 2. The van der Waals surface area contributed by atoms with E-state index in [9.17, 15) is 4.79 Å². The van der Waals surface area contributed by atoms with E-state index in [2.05, 4.69) is 9.98 Å². The normalized spacial score (nSPS) is 12.5. The number of nitrogen functional groups attached to an aromatic ring is 1. The van der Waals surface area contributed by atoms with Gasteiger partial charge in [0.1, 0.15) is 11.4 Å². The summed E-state index contributed by atoms with van der Waals surface area (Å²) in [6.45, 7) is 1.67. The minimum Gasteiger partial charge on any atom is -0.481 e. The summed E-state index contributed by atoms with van der Waals surface area (Å²) in [5.41, 5.74) is 14.2. The van der Waals surface area contributed by atoms with Crippen molar-refractivity contribution in [3.05, 3.63) is 42.2 Å². The number of hydrogen-bond acceptors (Lipinski definition) is 6. The average Bonchev–Trinajstić information content (AvgIpc) is 2.55. The van der Waals surface area contributed by atoms with Crippen LogP contribution in [0.4, 0.5) is 17.1 Å². The molecule has 0 amide bonds. The maximum Gasteiger partial charge on any atom is 0.160 e. The predicted molar refractivity (Wildman–Crippen MR) is 96.0 cm³/mol. The lowest BCUT2D eigenvalue weighted by Gasteiger charge is -2.19. The van der Waals surface area contributed by atoms with E-state index in [4.69, 9.17) is 16.2 Å². The summed E-state index contributed by atoms with van der Waals surface area (Å²) in [6.07, 6.45) is 1.77. The van der Waals surface area contributed by atoms with Gasteiger partial charge in [-0.05, 0) is 31.2 Å². The van der Waals surface area contributed by atoms with Gasteiger partial charge < -0.3 is 21.1 Å². The summed E-state index contributed by atoms with van der Waals surface area (Å²) in [6, 6.07) is 8.81. The Labute approximate surface area is 141 Å². The minimum absolute atomic E-state index is 0.208. The fraction of sp³-hybridized carbons (Fsp3) is 0.235. The molecule has 2 aromatic rings. The number of nitrogens with zero attached hydrogens (tertiary/aromatic N) is 3. The van der Waals surface area contributed by atoms with Crippen LogP contribution in [0.15, 0.2) is 41.5 Å². The summed E-state index contributed by atoms with van der Waals surface area (Å²) in [7, 11) is 3.78. The summed E-state index contributed by atoms with van der Waals surface area (Å²) in [5.74, 6) is 0.753. The number of carbonyl (C=O) groups excluding carboxylic acids is 1. The van der Waals surface area contributed by atoms with Crippen molar-refractivity contribution in [2.24, 2.45) is 10.7 Å². The van der Waals surface area contributed by atoms with Crippen molar-refractivity contribution < 1.29 is 9.53 Å². The summed E-state index contributed by atoms with van der Waals surface area (Å²) in [5, 5.41) is 0. The molecule has 1 atom stereocenters. The molecule has 0 fully saturated rings. The number of benzene rings is 1. The van der Waals surface area contributed by atoms with E-state index in [1.807, 2.05) is 25.1 Å². The molecule has 4 N–H and O–H groups in total. The van der Waals surface area contributed by atoms with Crippen molar-refractivity contribution >= 4 is 29.2 Å². The maximum atomic E-state index is 10.9. The zero-order valence-corrected chi connectivity index (χ0v) is 13.9. The van der Waals surface area contributed by atoms with Gasteiger partial charge in [-0.1, -0.05) is 0 Å². The van der Waals surface area contributed by atoms with Gasteiger partial charge in [0.2, 0.25) is 0 Å². The molecular formula is C17H21N5O2. The Morgan fingerprint density at radius 1 is 1.38 bits per heavy atom. The van der Waals surface area contributed by atoms with Crippen LogP contribution >= 0.6 is 0 Å². The average molecular weight is 327 g/mol. The Bertz CT molecular complexity index is 758. The lowest BCUT2D eigenvalue weighted by Crippen LogP contribution is -2.17. The third-order valence-electron chi connectivity index (χ3n) is 3.26. The van der Waals surface area contributed by atoms with Crippen LogP contribution in [0.1, 0.15) is 12.6 Å². The fourth-order valence-electron chi connectivity index (χ4n) is 2.09. The molecule has 0 aliphatic carbocycles. The Morgan fingerprint density at radius 3 is 2.75 bits per heavy atom. The molecule has 0 saturated carbocycles. The first-order chi connectivity index (χ1) is 11.4. The van der Waals surface area contributed by atoms with Crippen LogP contribution in [0.5, 0.6) is 5.75 Å². The zero-order chi connectivity index (χ0) is 17.7. The Morgan fingerprint density at radius 2 is 2.12 bits per heavy atom. The number of pyridine rings is 1. The molecule has 1 unspecified atom stereocenters. The standard InChI is InChI=1S/C17H21N5O2/c1-11(10-23)24-15-9-12(6-7-14(15)22(2)3)21-17(19)16-13(18)5-4-8-20-16/h4-11H,18H2,1-3H3,(H2,19,21). The van der Waals surface area contributed by atoms with Crippen LogP contribution in [0, 0.1) is 0 Å². The zero-order valence-electron chi connectivity index (χ0n) is 13.9. The molecule has 0 spiro atoms. The monoisotopic (exact) mass is 327 g/mol. The van der Waals surface area contributed by atoms with Crippen LogP contribution in [0.3, 0.4) is 0 Å². The van der Waals surface area contributed by atoms with E-state index in [1.165, 1.54) is 0 Å². The first-order valence-corrected chi connectivity index (χ1v) is 7.40. The number of rotatable bonds is 6. The van der Waals surface area contributed by atoms with Crippen LogP contribution in [0.25, 0.3) is 0 Å². The number of aromatic nitrogens is 1. The third kappa shape index (κ3) is 4.01. The summed E-state index contributed by atoms with van der Waals surface area (Å²) < 4.78 is 5.65. The molecule has 2 rings (SSSR count). The molecule has 24 heavy (non-hydrogen) atoms. The number of carbonyl (C=O) groups is 1. The Hall–Kier alpha value is -3.09. The van der Waals surface area contributed by atoms with Gasteiger partial charge in [0.15, 0.2) is 18.2 Å². The van der Waals surface area contributed by atoms with Crippen LogP contribution in [-0.4, -0.2) is 37.3 Å². The Kier molecular flexibility index (Phi) is 5.36. The molecule has 7 nitrogen and oxygen atoms in total. The largest absolute Gasteiger partial charge is 0.481 e. The SMILES string of the molecule is CC(C=O)Oc1cc(N=C(N)c2ncccc2N)ccc1N(C)C. The second-order valence-electron chi connectivity index (χ2n) is 5.44. The number of ether oxygens (including phenoxy) is 1. The molecule has 0 aliphatic rings. The van der Waals surface area contributed by atoms with Crippen molar-refractivity contribution in [2.45, 2.75) is 13.0 Å². The highest BCUT2D eigenvalue weighted by atomic mass is 16.5. The molecule has 0 aliphatic heterocycles. The van der Waals surface area contributed by atoms with Gasteiger partial charge in [-0.15, -0.1) is 0 Å². The molecule has 7 heteroatoms. The Balaban J connectivity index is 2.40. The molecular weight excluding hydrogens is 306 g/mol. The molecule has 1 aromatic heterocycles. The van der Waals surface area contributed by atoms with Crippen molar-refractivity contribution in [3.8, 4) is 5.75 Å². The van der Waals surface area contributed by atoms with Gasteiger partial charge in [0.25, 0.3) is 0 Å². The number of aldehydes is 1. The highest BCUT2D eigenvalue weighted by molar-refractivity contribution is 6.01. The van der Waals surface area contributed by atoms with Gasteiger partial charge in [-0.2, -0.15) is 0 Å². The van der Waals surface area contributed by atoms with Crippen LogP contribution < -0.4 is 21.1 Å². The summed E-state index contributed by atoms with van der Waals surface area (Å²) >= 11 is 0. The molecule has 0 bridgehead atoms. The first-order valence-electron chi connectivity index (χ1n) is 7.40. The lowest BCUT2D eigenvalue weighted by molar-refractivity contribution is -0.113. The minimum atomic E-state index is -0.563. The molecule has 0 saturated heterocycles. The van der Waals surface area contributed by atoms with E-state index >= 15 is 0 Å². The lowest BCUT2D eigenvalue weighted by atomic mass is 10.2. The van der Waals surface area contributed by atoms with E-state index in [0.717, 1.165) is 12.0 Å². The predicted octanol–water partition coefficient (Wildman–Crippen LogP) is 1.73. The smallest absolute Gasteiger partial charge is 0.160 e.